The molecule has 5 heteroatoms. The summed E-state index contributed by atoms with van der Waals surface area (Å²) in [6, 6.07) is 11.0. The van der Waals surface area contributed by atoms with Crippen molar-refractivity contribution >= 4 is 5.91 Å². The number of hydrogen-bond donors (Lipinski definition) is 1. The van der Waals surface area contributed by atoms with Crippen LogP contribution in [0, 0.1) is 11.3 Å². The minimum absolute atomic E-state index is 0.141. The van der Waals surface area contributed by atoms with Crippen LogP contribution in [0.2, 0.25) is 0 Å². The molecule has 0 aromatic heterocycles. The molecule has 1 N–H and O–H groups in total. The summed E-state index contributed by atoms with van der Waals surface area (Å²) in [5.41, 5.74) is 1.17. The normalized spacial score (nSPS) is 23.9. The summed E-state index contributed by atoms with van der Waals surface area (Å²) in [6.45, 7) is 1.83. The minimum atomic E-state index is 0.141. The number of fused-ring (bicyclic) bond motifs is 1. The molecule has 0 radical (unpaired) electrons. The van der Waals surface area contributed by atoms with Gasteiger partial charge in [-0.15, -0.1) is 0 Å². The number of nitrogens with zero attached hydrogens (tertiary/aromatic N) is 2. The Morgan fingerprint density at radius 3 is 3.08 bits per heavy atom. The van der Waals surface area contributed by atoms with Crippen LogP contribution in [-0.2, 0) is 11.3 Å². The zero-order valence-electron chi connectivity index (χ0n) is 14.0. The maximum absolute atomic E-state index is 12.0. The van der Waals surface area contributed by atoms with E-state index in [2.05, 4.69) is 28.4 Å². The second kappa shape index (κ2) is 8.16. The molecule has 0 unspecified atom stereocenters. The van der Waals surface area contributed by atoms with E-state index < -0.39 is 0 Å². The molecule has 1 saturated heterocycles. The smallest absolute Gasteiger partial charge is 0.234 e. The van der Waals surface area contributed by atoms with Crippen molar-refractivity contribution in [2.24, 2.45) is 0 Å². The number of nitrogens with one attached hydrogen (secondary N) is 1. The van der Waals surface area contributed by atoms with Gasteiger partial charge in [0.25, 0.3) is 0 Å². The van der Waals surface area contributed by atoms with Gasteiger partial charge in [-0.3, -0.25) is 9.69 Å². The molecule has 24 heavy (non-hydrogen) atoms. The molecule has 1 aliphatic heterocycles. The molecule has 0 bridgehead atoms. The first-order valence-corrected chi connectivity index (χ1v) is 8.88. The highest BCUT2D eigenvalue weighted by Gasteiger charge is 2.36. The topological polar surface area (TPSA) is 65.4 Å². The Morgan fingerprint density at radius 1 is 1.33 bits per heavy atom. The molecule has 2 fully saturated rings. The van der Waals surface area contributed by atoms with Crippen molar-refractivity contribution in [2.75, 3.05) is 13.2 Å². The van der Waals surface area contributed by atoms with Crippen molar-refractivity contribution in [3.05, 3.63) is 29.8 Å². The lowest BCUT2D eigenvalue weighted by Gasteiger charge is -2.44. The fourth-order valence-corrected chi connectivity index (χ4v) is 3.75. The Labute approximate surface area is 143 Å². The lowest BCUT2D eigenvalue weighted by molar-refractivity contribution is -0.128. The van der Waals surface area contributed by atoms with Gasteiger partial charge >= 0.3 is 0 Å². The predicted octanol–water partition coefficient (Wildman–Crippen LogP) is 2.61. The number of carbonyl (C=O) groups is 1. The molecule has 1 amide bonds. The Hall–Kier alpha value is -2.06. The molecule has 1 aromatic carbocycles. The first-order chi connectivity index (χ1) is 11.8. The number of ether oxygens (including phenoxy) is 1. The van der Waals surface area contributed by atoms with Gasteiger partial charge in [-0.1, -0.05) is 25.0 Å². The third-order valence-corrected chi connectivity index (χ3v) is 4.88. The van der Waals surface area contributed by atoms with E-state index in [0.717, 1.165) is 31.6 Å². The van der Waals surface area contributed by atoms with Crippen LogP contribution in [0.3, 0.4) is 0 Å². The van der Waals surface area contributed by atoms with Gasteiger partial charge < -0.3 is 10.1 Å². The average Bonchev–Trinajstić information content (AvgIpc) is 2.59. The quantitative estimate of drug-likeness (QED) is 0.816. The second-order valence-corrected chi connectivity index (χ2v) is 6.69. The molecule has 1 saturated carbocycles. The summed E-state index contributed by atoms with van der Waals surface area (Å²) in [6.07, 6.45) is 5.98. The van der Waals surface area contributed by atoms with Crippen molar-refractivity contribution in [3.8, 4) is 11.8 Å². The number of nitriles is 1. The van der Waals surface area contributed by atoms with E-state index in [9.17, 15) is 4.79 Å². The van der Waals surface area contributed by atoms with Gasteiger partial charge in [0.2, 0.25) is 5.91 Å². The summed E-state index contributed by atoms with van der Waals surface area (Å²) in [5, 5.41) is 11.7. The van der Waals surface area contributed by atoms with E-state index in [1.165, 1.54) is 18.4 Å². The van der Waals surface area contributed by atoms with Crippen LogP contribution < -0.4 is 10.1 Å². The summed E-state index contributed by atoms with van der Waals surface area (Å²) < 4.78 is 5.72. The largest absolute Gasteiger partial charge is 0.494 e. The van der Waals surface area contributed by atoms with Crippen molar-refractivity contribution in [1.82, 2.24) is 10.2 Å². The Kier molecular flexibility index (Phi) is 5.71. The van der Waals surface area contributed by atoms with Gasteiger partial charge in [0.1, 0.15) is 5.75 Å². The van der Waals surface area contributed by atoms with Gasteiger partial charge in [-0.05, 0) is 37.0 Å². The van der Waals surface area contributed by atoms with Crippen LogP contribution >= 0.6 is 0 Å². The Balaban J connectivity index is 1.62. The number of amides is 1. The molecule has 5 nitrogen and oxygen atoms in total. The predicted molar refractivity (Wildman–Crippen MR) is 91.4 cm³/mol. The van der Waals surface area contributed by atoms with E-state index >= 15 is 0 Å². The fraction of sp³-hybridized carbons (Fsp3) is 0.579. The monoisotopic (exact) mass is 327 g/mol. The highest BCUT2D eigenvalue weighted by molar-refractivity contribution is 5.79. The first kappa shape index (κ1) is 16.8. The summed E-state index contributed by atoms with van der Waals surface area (Å²) in [4.78, 5) is 14.3. The number of carbonyl (C=O) groups excluding carboxylic acids is 1. The van der Waals surface area contributed by atoms with Crippen LogP contribution in [-0.4, -0.2) is 36.0 Å². The molecule has 3 rings (SSSR count). The van der Waals surface area contributed by atoms with Gasteiger partial charge in [-0.25, -0.2) is 0 Å². The van der Waals surface area contributed by atoms with Crippen LogP contribution in [0.4, 0.5) is 0 Å². The van der Waals surface area contributed by atoms with Crippen molar-refractivity contribution in [2.45, 2.75) is 57.2 Å². The second-order valence-electron chi connectivity index (χ2n) is 6.69. The van der Waals surface area contributed by atoms with Crippen LogP contribution in [0.5, 0.6) is 5.75 Å². The third kappa shape index (κ3) is 4.27. The number of unbranched alkanes of at least 4 members (excludes halogenated alkanes) is 1. The van der Waals surface area contributed by atoms with Gasteiger partial charge in [-0.2, -0.15) is 5.26 Å². The molecule has 128 valence electrons. The van der Waals surface area contributed by atoms with Gasteiger partial charge in [0.15, 0.2) is 0 Å². The van der Waals surface area contributed by atoms with Crippen LogP contribution in [0.1, 0.15) is 44.1 Å². The molecule has 1 aromatic rings. The lowest BCUT2D eigenvalue weighted by Crippen LogP contribution is -2.61. The average molecular weight is 327 g/mol. The maximum Gasteiger partial charge on any atom is 0.234 e. The number of piperazine rings is 1. The zero-order chi connectivity index (χ0) is 16.8. The molecule has 2 aliphatic rings. The molecule has 2 atom stereocenters. The Morgan fingerprint density at radius 2 is 2.21 bits per heavy atom. The van der Waals surface area contributed by atoms with E-state index in [0.29, 0.717) is 31.7 Å². The SMILES string of the molecule is N#CCCCOc1cccc(CN2CC(=O)N[C@H]3CCCC[C@H]32)c1. The summed E-state index contributed by atoms with van der Waals surface area (Å²) in [5.74, 6) is 0.981. The van der Waals surface area contributed by atoms with Crippen molar-refractivity contribution in [1.29, 1.82) is 5.26 Å². The number of benzene rings is 1. The Bertz CT molecular complexity index is 611. The summed E-state index contributed by atoms with van der Waals surface area (Å²) >= 11 is 0. The minimum Gasteiger partial charge on any atom is -0.494 e. The first-order valence-electron chi connectivity index (χ1n) is 8.88. The highest BCUT2D eigenvalue weighted by atomic mass is 16.5. The van der Waals surface area contributed by atoms with Crippen LogP contribution in [0.25, 0.3) is 0 Å². The van der Waals surface area contributed by atoms with Gasteiger partial charge in [0, 0.05) is 25.0 Å². The fourth-order valence-electron chi connectivity index (χ4n) is 3.75. The van der Waals surface area contributed by atoms with Gasteiger partial charge in [0.05, 0.1) is 19.2 Å². The maximum atomic E-state index is 12.0. The lowest BCUT2D eigenvalue weighted by atomic mass is 9.87. The zero-order valence-corrected chi connectivity index (χ0v) is 14.0. The third-order valence-electron chi connectivity index (χ3n) is 4.88. The van der Waals surface area contributed by atoms with Crippen molar-refractivity contribution in [3.63, 3.8) is 0 Å². The van der Waals surface area contributed by atoms with Crippen LogP contribution in [0.15, 0.2) is 24.3 Å². The highest BCUT2D eigenvalue weighted by Crippen LogP contribution is 2.27. The molecule has 0 spiro atoms. The number of hydrogen-bond acceptors (Lipinski definition) is 4. The van der Waals surface area contributed by atoms with E-state index in [4.69, 9.17) is 10.00 Å². The number of rotatable bonds is 6. The van der Waals surface area contributed by atoms with E-state index in [1.807, 2.05) is 12.1 Å². The van der Waals surface area contributed by atoms with E-state index in [1.54, 1.807) is 0 Å². The molecule has 1 heterocycles. The standard InChI is InChI=1S/C19H25N3O2/c20-10-3-4-11-24-16-7-5-6-15(12-16)13-22-14-19(23)21-17-8-1-2-9-18(17)22/h5-7,12,17-18H,1-4,8-9,11,13-14H2,(H,21,23)/t17-,18+/m0/s1. The molecular formula is C19H25N3O2. The van der Waals surface area contributed by atoms with E-state index in [-0.39, 0.29) is 5.91 Å². The van der Waals surface area contributed by atoms with Crippen molar-refractivity contribution < 1.29 is 9.53 Å². The summed E-state index contributed by atoms with van der Waals surface area (Å²) in [7, 11) is 0. The molecule has 1 aliphatic carbocycles. The molecular weight excluding hydrogens is 302 g/mol.